The van der Waals surface area contributed by atoms with Crippen molar-refractivity contribution in [2.75, 3.05) is 0 Å². The van der Waals surface area contributed by atoms with Crippen molar-refractivity contribution < 1.29 is 4.79 Å². The molecule has 0 bridgehead atoms. The van der Waals surface area contributed by atoms with Gasteiger partial charge in [0.25, 0.3) is 0 Å². The Morgan fingerprint density at radius 2 is 1.80 bits per heavy atom. The summed E-state index contributed by atoms with van der Waals surface area (Å²) in [5.74, 6) is 0.251. The van der Waals surface area contributed by atoms with E-state index in [2.05, 4.69) is 48.6 Å². The second-order valence-corrected chi connectivity index (χ2v) is 11.0. The van der Waals surface area contributed by atoms with Crippen LogP contribution in [0.5, 0.6) is 0 Å². The monoisotopic (exact) mass is 290 g/mol. The first-order chi connectivity index (χ1) is 9.32. The fourth-order valence-electron chi connectivity index (χ4n) is 1.83. The Balaban J connectivity index is 2.85. The van der Waals surface area contributed by atoms with Crippen molar-refractivity contribution in [1.29, 1.82) is 0 Å². The minimum absolute atomic E-state index is 0.251. The minimum Gasteiger partial charge on any atom is -0.320 e. The molecule has 110 valence electrons. The number of Topliss-reactive ketones (excluding diaryl/α,β-unsaturated/α-hetero) is 1. The van der Waals surface area contributed by atoms with E-state index < -0.39 is 8.24 Å². The number of carbonyl (C=O) groups is 1. The molecule has 0 fully saturated rings. The van der Waals surface area contributed by atoms with Gasteiger partial charge in [-0.15, -0.1) is 0 Å². The highest BCUT2D eigenvalue weighted by Crippen LogP contribution is 2.15. The zero-order valence-corrected chi connectivity index (χ0v) is 14.3. The Bertz CT molecular complexity index is 463. The van der Waals surface area contributed by atoms with E-state index in [0.717, 1.165) is 12.3 Å². The molecule has 0 heterocycles. The molecule has 0 saturated carbocycles. The minimum atomic E-state index is -1.56. The summed E-state index contributed by atoms with van der Waals surface area (Å²) in [6, 6.07) is 10.4. The predicted molar refractivity (Wildman–Crippen MR) is 88.4 cm³/mol. The maximum atomic E-state index is 11.5. The molecule has 4 heteroatoms. The Labute approximate surface area is 123 Å². The summed E-state index contributed by atoms with van der Waals surface area (Å²) in [5, 5.41) is 4.72. The van der Waals surface area contributed by atoms with Crippen LogP contribution >= 0.6 is 0 Å². The molecule has 0 aliphatic carbocycles. The molecule has 0 spiro atoms. The standard InChI is InChI=1S/C16H26N2OSi/c1-6-16(19)12-14(2)17-18(20(3,4)5)13-15-10-8-7-9-11-15/h7-11H,6,12-13H2,1-5H3/b17-14+. The third kappa shape index (κ3) is 5.69. The lowest BCUT2D eigenvalue weighted by molar-refractivity contribution is -0.117. The van der Waals surface area contributed by atoms with Crippen molar-refractivity contribution in [3.8, 4) is 0 Å². The van der Waals surface area contributed by atoms with E-state index in [1.165, 1.54) is 5.56 Å². The molecular formula is C16H26N2OSi. The van der Waals surface area contributed by atoms with Crippen LogP contribution in [-0.4, -0.2) is 24.4 Å². The van der Waals surface area contributed by atoms with Gasteiger partial charge < -0.3 is 4.67 Å². The van der Waals surface area contributed by atoms with Crippen molar-refractivity contribution in [1.82, 2.24) is 4.67 Å². The fourth-order valence-corrected chi connectivity index (χ4v) is 2.96. The van der Waals surface area contributed by atoms with Gasteiger partial charge in [-0.2, -0.15) is 5.10 Å². The van der Waals surface area contributed by atoms with Gasteiger partial charge in [0.1, 0.15) is 5.78 Å². The second-order valence-electron chi connectivity index (χ2n) is 6.12. The van der Waals surface area contributed by atoms with Crippen LogP contribution in [0.3, 0.4) is 0 Å². The summed E-state index contributed by atoms with van der Waals surface area (Å²) in [6.07, 6.45) is 1.05. The number of hydrazone groups is 1. The molecule has 0 aromatic heterocycles. The zero-order chi connectivity index (χ0) is 15.2. The first kappa shape index (κ1) is 16.6. The zero-order valence-electron chi connectivity index (χ0n) is 13.3. The third-order valence-corrected chi connectivity index (χ3v) is 4.90. The van der Waals surface area contributed by atoms with Gasteiger partial charge in [0.2, 0.25) is 0 Å². The van der Waals surface area contributed by atoms with Gasteiger partial charge in [-0.1, -0.05) is 56.9 Å². The van der Waals surface area contributed by atoms with Gasteiger partial charge in [-0.25, -0.2) is 0 Å². The molecule has 1 aromatic carbocycles. The summed E-state index contributed by atoms with van der Waals surface area (Å²) in [6.45, 7) is 11.5. The molecule has 0 N–H and O–H groups in total. The highest BCUT2D eigenvalue weighted by atomic mass is 28.3. The number of nitrogens with zero attached hydrogens (tertiary/aromatic N) is 2. The lowest BCUT2D eigenvalue weighted by Gasteiger charge is -2.32. The number of rotatable bonds is 7. The smallest absolute Gasteiger partial charge is 0.169 e. The van der Waals surface area contributed by atoms with Crippen LogP contribution in [0.4, 0.5) is 0 Å². The highest BCUT2D eigenvalue weighted by molar-refractivity contribution is 6.73. The van der Waals surface area contributed by atoms with Gasteiger partial charge >= 0.3 is 0 Å². The van der Waals surface area contributed by atoms with Crippen molar-refractivity contribution in [3.63, 3.8) is 0 Å². The summed E-state index contributed by atoms with van der Waals surface area (Å²) in [5.41, 5.74) is 2.17. The van der Waals surface area contributed by atoms with E-state index in [9.17, 15) is 4.79 Å². The Morgan fingerprint density at radius 1 is 1.20 bits per heavy atom. The van der Waals surface area contributed by atoms with Crippen molar-refractivity contribution >= 4 is 19.7 Å². The first-order valence-electron chi connectivity index (χ1n) is 7.20. The fraction of sp³-hybridized carbons (Fsp3) is 0.500. The molecule has 1 rings (SSSR count). The number of hydrogen-bond donors (Lipinski definition) is 0. The summed E-state index contributed by atoms with van der Waals surface area (Å²) < 4.78 is 2.20. The molecule has 0 atom stereocenters. The van der Waals surface area contributed by atoms with Crippen LogP contribution in [0.2, 0.25) is 19.6 Å². The van der Waals surface area contributed by atoms with Gasteiger partial charge in [0.05, 0.1) is 6.54 Å². The van der Waals surface area contributed by atoms with E-state index in [4.69, 9.17) is 5.10 Å². The van der Waals surface area contributed by atoms with Gasteiger partial charge in [0, 0.05) is 18.6 Å². The molecule has 0 saturated heterocycles. The van der Waals surface area contributed by atoms with Crippen LogP contribution in [0.25, 0.3) is 0 Å². The van der Waals surface area contributed by atoms with Gasteiger partial charge in [-0.3, -0.25) is 4.79 Å². The summed E-state index contributed by atoms with van der Waals surface area (Å²) in [7, 11) is -1.56. The second kappa shape index (κ2) is 7.38. The lowest BCUT2D eigenvalue weighted by atomic mass is 10.2. The number of carbonyl (C=O) groups excluding carboxylic acids is 1. The molecule has 0 unspecified atom stereocenters. The van der Waals surface area contributed by atoms with Crippen LogP contribution < -0.4 is 0 Å². The van der Waals surface area contributed by atoms with E-state index in [1.807, 2.05) is 19.9 Å². The highest BCUT2D eigenvalue weighted by Gasteiger charge is 2.23. The Morgan fingerprint density at radius 3 is 2.30 bits per heavy atom. The number of hydrogen-bond acceptors (Lipinski definition) is 3. The first-order valence-corrected chi connectivity index (χ1v) is 10.6. The molecule has 20 heavy (non-hydrogen) atoms. The third-order valence-electron chi connectivity index (χ3n) is 3.09. The predicted octanol–water partition coefficient (Wildman–Crippen LogP) is 4.07. The van der Waals surface area contributed by atoms with Crippen LogP contribution in [0, 0.1) is 0 Å². The largest absolute Gasteiger partial charge is 0.320 e. The Kier molecular flexibility index (Phi) is 6.14. The normalized spacial score (nSPS) is 12.3. The van der Waals surface area contributed by atoms with Crippen LogP contribution in [-0.2, 0) is 11.3 Å². The SMILES string of the molecule is CCC(=O)C/C(C)=N/N(Cc1ccccc1)[Si](C)(C)C. The van der Waals surface area contributed by atoms with Crippen LogP contribution in [0.1, 0.15) is 32.3 Å². The number of benzene rings is 1. The topological polar surface area (TPSA) is 32.7 Å². The lowest BCUT2D eigenvalue weighted by Crippen LogP contribution is -2.42. The molecule has 0 aliphatic rings. The van der Waals surface area contributed by atoms with E-state index in [1.54, 1.807) is 0 Å². The maximum Gasteiger partial charge on any atom is 0.169 e. The van der Waals surface area contributed by atoms with Gasteiger partial charge in [0.15, 0.2) is 8.24 Å². The quantitative estimate of drug-likeness (QED) is 0.431. The summed E-state index contributed by atoms with van der Waals surface area (Å²) >= 11 is 0. The van der Waals surface area contributed by atoms with E-state index in [-0.39, 0.29) is 5.78 Å². The van der Waals surface area contributed by atoms with Crippen molar-refractivity contribution in [3.05, 3.63) is 35.9 Å². The van der Waals surface area contributed by atoms with Crippen molar-refractivity contribution in [2.24, 2.45) is 5.10 Å². The number of ketones is 1. The Hall–Kier alpha value is -1.42. The van der Waals surface area contributed by atoms with E-state index in [0.29, 0.717) is 12.8 Å². The van der Waals surface area contributed by atoms with Crippen LogP contribution in [0.15, 0.2) is 35.4 Å². The molecule has 1 aromatic rings. The molecule has 0 radical (unpaired) electrons. The molecule has 0 amide bonds. The maximum absolute atomic E-state index is 11.5. The average Bonchev–Trinajstić information content (AvgIpc) is 2.38. The average molecular weight is 290 g/mol. The molecule has 0 aliphatic heterocycles. The van der Waals surface area contributed by atoms with Crippen molar-refractivity contribution in [2.45, 2.75) is 52.9 Å². The molecule has 3 nitrogen and oxygen atoms in total. The molecular weight excluding hydrogens is 264 g/mol. The van der Waals surface area contributed by atoms with E-state index >= 15 is 0 Å². The van der Waals surface area contributed by atoms with Gasteiger partial charge in [-0.05, 0) is 12.5 Å². The summed E-state index contributed by atoms with van der Waals surface area (Å²) in [4.78, 5) is 11.5.